The Kier molecular flexibility index (Phi) is 4.26. The highest BCUT2D eigenvalue weighted by Crippen LogP contribution is 2.30. The number of nitriles is 1. The monoisotopic (exact) mass is 272 g/mol. The van der Waals surface area contributed by atoms with E-state index in [1.54, 1.807) is 29.2 Å². The van der Waals surface area contributed by atoms with E-state index < -0.39 is 6.10 Å². The Morgan fingerprint density at radius 3 is 3.00 bits per heavy atom. The second-order valence-corrected chi connectivity index (χ2v) is 4.45. The number of amides is 1. The maximum absolute atomic E-state index is 12.1. The summed E-state index contributed by atoms with van der Waals surface area (Å²) in [4.78, 5) is 13.8. The normalized spacial score (nSPS) is 17.7. The van der Waals surface area contributed by atoms with Crippen molar-refractivity contribution in [2.75, 3.05) is 20.2 Å². The van der Waals surface area contributed by atoms with Gasteiger partial charge in [-0.05, 0) is 12.1 Å². The Bertz CT molecular complexity index is 563. The molecule has 1 aromatic rings. The molecule has 0 saturated carbocycles. The molecule has 0 aliphatic carbocycles. The lowest BCUT2D eigenvalue weighted by atomic mass is 10.2. The lowest BCUT2D eigenvalue weighted by Gasteiger charge is -2.16. The number of nitrogens with zero attached hydrogens (tertiary/aromatic N) is 2. The molecule has 1 saturated heterocycles. The summed E-state index contributed by atoms with van der Waals surface area (Å²) in [5.41, 5.74) is 0.486. The van der Waals surface area contributed by atoms with Crippen LogP contribution in [0.5, 0.6) is 11.5 Å². The van der Waals surface area contributed by atoms with E-state index >= 15 is 0 Å². The topological polar surface area (TPSA) is 62.6 Å². The summed E-state index contributed by atoms with van der Waals surface area (Å²) >= 11 is 0. The molecular weight excluding hydrogens is 256 g/mol. The summed E-state index contributed by atoms with van der Waals surface area (Å²) < 4.78 is 10.9. The van der Waals surface area contributed by atoms with Crippen molar-refractivity contribution in [3.05, 3.63) is 36.4 Å². The molecule has 1 aromatic carbocycles. The minimum absolute atomic E-state index is 0.0451. The number of carbonyl (C=O) groups excluding carboxylic acids is 1. The van der Waals surface area contributed by atoms with Crippen LogP contribution in [0.25, 0.3) is 0 Å². The molecule has 0 spiro atoms. The van der Waals surface area contributed by atoms with Crippen LogP contribution in [-0.4, -0.2) is 37.1 Å². The molecule has 5 nitrogen and oxygen atoms in total. The second kappa shape index (κ2) is 6.11. The maximum atomic E-state index is 12.1. The van der Waals surface area contributed by atoms with E-state index in [4.69, 9.17) is 14.7 Å². The van der Waals surface area contributed by atoms with E-state index in [0.717, 1.165) is 0 Å². The summed E-state index contributed by atoms with van der Waals surface area (Å²) in [7, 11) is 1.50. The molecule has 0 N–H and O–H groups in total. The van der Waals surface area contributed by atoms with Crippen LogP contribution in [-0.2, 0) is 4.79 Å². The van der Waals surface area contributed by atoms with Gasteiger partial charge in [0.25, 0.3) is 5.91 Å². The Hall–Kier alpha value is -2.48. The summed E-state index contributed by atoms with van der Waals surface area (Å²) in [6.45, 7) is 4.82. The van der Waals surface area contributed by atoms with Crippen LogP contribution in [0.2, 0.25) is 0 Å². The molecule has 0 aromatic heterocycles. The lowest BCUT2D eigenvalue weighted by molar-refractivity contribution is -0.132. The van der Waals surface area contributed by atoms with Gasteiger partial charge in [0.1, 0.15) is 0 Å². The highest BCUT2D eigenvalue weighted by molar-refractivity contribution is 5.83. The first kappa shape index (κ1) is 13.9. The van der Waals surface area contributed by atoms with Gasteiger partial charge in [0, 0.05) is 25.6 Å². The van der Waals surface area contributed by atoms with Crippen LogP contribution in [0.3, 0.4) is 0 Å². The molecule has 1 fully saturated rings. The van der Waals surface area contributed by atoms with Crippen molar-refractivity contribution in [3.8, 4) is 17.6 Å². The number of rotatable bonds is 5. The molecule has 0 bridgehead atoms. The first-order valence-electron chi connectivity index (χ1n) is 6.34. The largest absolute Gasteiger partial charge is 0.493 e. The third kappa shape index (κ3) is 2.75. The van der Waals surface area contributed by atoms with E-state index in [1.165, 1.54) is 7.11 Å². The van der Waals surface area contributed by atoms with Crippen molar-refractivity contribution >= 4 is 5.91 Å². The molecule has 0 radical (unpaired) electrons. The van der Waals surface area contributed by atoms with Crippen molar-refractivity contribution < 1.29 is 14.3 Å². The van der Waals surface area contributed by atoms with Gasteiger partial charge >= 0.3 is 0 Å². The minimum Gasteiger partial charge on any atom is -0.493 e. The number of hydrogen-bond acceptors (Lipinski definition) is 4. The number of carbonyl (C=O) groups is 1. The third-order valence-electron chi connectivity index (χ3n) is 3.16. The van der Waals surface area contributed by atoms with E-state index in [2.05, 4.69) is 6.58 Å². The van der Waals surface area contributed by atoms with E-state index in [1.807, 2.05) is 6.07 Å². The van der Waals surface area contributed by atoms with Gasteiger partial charge in [-0.25, -0.2) is 0 Å². The maximum Gasteiger partial charge on any atom is 0.263 e. The molecule has 2 rings (SSSR count). The van der Waals surface area contributed by atoms with Gasteiger partial charge in [-0.3, -0.25) is 4.79 Å². The van der Waals surface area contributed by atoms with Gasteiger partial charge in [0.15, 0.2) is 17.6 Å². The molecule has 20 heavy (non-hydrogen) atoms. The molecule has 0 unspecified atom stereocenters. The van der Waals surface area contributed by atoms with Crippen molar-refractivity contribution in [3.63, 3.8) is 0 Å². The highest BCUT2D eigenvalue weighted by Gasteiger charge is 2.33. The zero-order valence-electron chi connectivity index (χ0n) is 11.3. The first-order valence-corrected chi connectivity index (χ1v) is 6.34. The Labute approximate surface area is 118 Å². The average Bonchev–Trinajstić information content (AvgIpc) is 2.81. The molecule has 1 amide bonds. The highest BCUT2D eigenvalue weighted by atomic mass is 16.5. The van der Waals surface area contributed by atoms with Crippen LogP contribution in [0, 0.1) is 11.3 Å². The fraction of sp³-hybridized carbons (Fsp3) is 0.333. The van der Waals surface area contributed by atoms with Crippen molar-refractivity contribution in [1.29, 1.82) is 5.26 Å². The van der Waals surface area contributed by atoms with Crippen molar-refractivity contribution in [1.82, 2.24) is 4.90 Å². The van der Waals surface area contributed by atoms with Gasteiger partial charge in [0.2, 0.25) is 0 Å². The second-order valence-electron chi connectivity index (χ2n) is 4.45. The zero-order chi connectivity index (χ0) is 14.5. The number of benzene rings is 1. The quantitative estimate of drug-likeness (QED) is 0.766. The Morgan fingerprint density at radius 1 is 1.55 bits per heavy atom. The van der Waals surface area contributed by atoms with Gasteiger partial charge < -0.3 is 14.4 Å². The van der Waals surface area contributed by atoms with Crippen LogP contribution in [0.15, 0.2) is 30.9 Å². The molecule has 104 valence electrons. The first-order chi connectivity index (χ1) is 9.69. The summed E-state index contributed by atoms with van der Waals surface area (Å²) in [6.07, 6.45) is 1.83. The van der Waals surface area contributed by atoms with Crippen molar-refractivity contribution in [2.24, 2.45) is 0 Å². The van der Waals surface area contributed by atoms with Crippen LogP contribution in [0.4, 0.5) is 0 Å². The Balaban J connectivity index is 2.13. The van der Waals surface area contributed by atoms with Gasteiger partial charge in [-0.15, -0.1) is 6.58 Å². The summed E-state index contributed by atoms with van der Waals surface area (Å²) in [5, 5.41) is 8.85. The predicted molar refractivity (Wildman–Crippen MR) is 73.5 cm³/mol. The van der Waals surface area contributed by atoms with E-state index in [0.29, 0.717) is 36.6 Å². The zero-order valence-corrected chi connectivity index (χ0v) is 11.3. The molecule has 1 aliphatic heterocycles. The summed E-state index contributed by atoms with van der Waals surface area (Å²) in [5.74, 6) is 0.889. The number of ether oxygens (including phenoxy) is 2. The fourth-order valence-corrected chi connectivity index (χ4v) is 2.14. The predicted octanol–water partition coefficient (Wildman–Crippen LogP) is 1.73. The SMILES string of the molecule is C=CCN1CC[C@H](Oc2ccc(C#N)cc2OC)C1=O. The van der Waals surface area contributed by atoms with E-state index in [9.17, 15) is 4.79 Å². The third-order valence-corrected chi connectivity index (χ3v) is 3.16. The number of methoxy groups -OCH3 is 1. The van der Waals surface area contributed by atoms with Crippen LogP contribution in [0.1, 0.15) is 12.0 Å². The smallest absolute Gasteiger partial charge is 0.263 e. The van der Waals surface area contributed by atoms with Crippen LogP contribution >= 0.6 is 0 Å². The standard InChI is InChI=1S/C15H16N2O3/c1-3-7-17-8-6-13(15(17)18)20-12-5-4-11(10-16)9-14(12)19-2/h3-5,9,13H,1,6-8H2,2H3/t13-/m0/s1. The lowest BCUT2D eigenvalue weighted by Crippen LogP contribution is -2.32. The van der Waals surface area contributed by atoms with Gasteiger partial charge in [-0.1, -0.05) is 6.08 Å². The molecule has 1 aliphatic rings. The van der Waals surface area contributed by atoms with Crippen LogP contribution < -0.4 is 9.47 Å². The average molecular weight is 272 g/mol. The molecule has 1 atom stereocenters. The molecular formula is C15H16N2O3. The fourth-order valence-electron chi connectivity index (χ4n) is 2.14. The summed E-state index contributed by atoms with van der Waals surface area (Å²) in [6, 6.07) is 6.92. The minimum atomic E-state index is -0.503. The van der Waals surface area contributed by atoms with Gasteiger partial charge in [-0.2, -0.15) is 5.26 Å². The number of likely N-dealkylation sites (tertiary alicyclic amines) is 1. The van der Waals surface area contributed by atoms with E-state index in [-0.39, 0.29) is 5.91 Å². The van der Waals surface area contributed by atoms with Gasteiger partial charge in [0.05, 0.1) is 18.7 Å². The van der Waals surface area contributed by atoms with Crippen molar-refractivity contribution in [2.45, 2.75) is 12.5 Å². The Morgan fingerprint density at radius 2 is 2.35 bits per heavy atom. The molecule has 5 heteroatoms. The molecule has 1 heterocycles. The number of hydrogen-bond donors (Lipinski definition) is 0.